The van der Waals surface area contributed by atoms with Crippen LogP contribution in [-0.4, -0.2) is 79.7 Å². The number of benzene rings is 1. The normalized spacial score (nSPS) is 20.0. The molecule has 2 aliphatic rings. The number of carbonyl (C=O) groups is 1. The molecule has 1 aromatic rings. The third-order valence-corrected chi connectivity index (χ3v) is 5.39. The molecule has 166 valence electrons. The molecule has 0 aliphatic carbocycles. The predicted octanol–water partition coefficient (Wildman–Crippen LogP) is 2.30. The molecule has 2 heterocycles. The van der Waals surface area contributed by atoms with E-state index in [1.807, 2.05) is 30.9 Å². The lowest BCUT2D eigenvalue weighted by Gasteiger charge is -2.37. The number of hydrogen-bond donors (Lipinski definition) is 1. The lowest BCUT2D eigenvalue weighted by molar-refractivity contribution is -0.142. The molecule has 2 fully saturated rings. The highest BCUT2D eigenvalue weighted by Gasteiger charge is 2.30. The molecule has 7 nitrogen and oxygen atoms in total. The highest BCUT2D eigenvalue weighted by molar-refractivity contribution is 5.82. The Bertz CT molecular complexity index is 691. The van der Waals surface area contributed by atoms with E-state index >= 15 is 0 Å². The summed E-state index contributed by atoms with van der Waals surface area (Å²) in [6.45, 7) is 11.4. The van der Waals surface area contributed by atoms with Gasteiger partial charge in [-0.15, -0.1) is 0 Å². The Kier molecular flexibility index (Phi) is 8.37. The van der Waals surface area contributed by atoms with E-state index in [0.717, 1.165) is 70.2 Å². The van der Waals surface area contributed by atoms with Crippen LogP contribution >= 0.6 is 0 Å². The van der Waals surface area contributed by atoms with Gasteiger partial charge in [-0.2, -0.15) is 0 Å². The maximum absolute atomic E-state index is 12.5. The van der Waals surface area contributed by atoms with E-state index in [-0.39, 0.29) is 18.1 Å². The SMILES string of the molecule is CCNC(=NCCc1ccc(OC(C)C)cc1)N1CCN(C(=O)C2CCCO2)CC1. The molecule has 0 aromatic heterocycles. The average Bonchev–Trinajstić information content (AvgIpc) is 3.28. The zero-order valence-corrected chi connectivity index (χ0v) is 18.6. The lowest BCUT2D eigenvalue weighted by atomic mass is 10.1. The second-order valence-electron chi connectivity index (χ2n) is 8.11. The van der Waals surface area contributed by atoms with Crippen LogP contribution in [-0.2, 0) is 16.0 Å². The van der Waals surface area contributed by atoms with Gasteiger partial charge in [0.15, 0.2) is 5.96 Å². The summed E-state index contributed by atoms with van der Waals surface area (Å²) in [4.78, 5) is 21.6. The van der Waals surface area contributed by atoms with Crippen molar-refractivity contribution in [2.24, 2.45) is 4.99 Å². The fraction of sp³-hybridized carbons (Fsp3) is 0.652. The quantitative estimate of drug-likeness (QED) is 0.546. The van der Waals surface area contributed by atoms with Crippen molar-refractivity contribution >= 4 is 11.9 Å². The summed E-state index contributed by atoms with van der Waals surface area (Å²) in [5.74, 6) is 1.99. The first kappa shape index (κ1) is 22.4. The van der Waals surface area contributed by atoms with Gasteiger partial charge in [0.2, 0.25) is 0 Å². The molecule has 1 N–H and O–H groups in total. The topological polar surface area (TPSA) is 66.4 Å². The second kappa shape index (κ2) is 11.2. The number of hydrogen-bond acceptors (Lipinski definition) is 4. The second-order valence-corrected chi connectivity index (χ2v) is 8.11. The first-order valence-electron chi connectivity index (χ1n) is 11.3. The Hall–Kier alpha value is -2.28. The number of piperazine rings is 1. The third kappa shape index (κ3) is 6.36. The van der Waals surface area contributed by atoms with Crippen LogP contribution in [0.5, 0.6) is 5.75 Å². The van der Waals surface area contributed by atoms with E-state index in [0.29, 0.717) is 6.61 Å². The number of rotatable bonds is 7. The van der Waals surface area contributed by atoms with Crippen molar-refractivity contribution in [3.63, 3.8) is 0 Å². The van der Waals surface area contributed by atoms with Crippen molar-refractivity contribution in [2.45, 2.75) is 52.2 Å². The van der Waals surface area contributed by atoms with Crippen LogP contribution in [0.2, 0.25) is 0 Å². The minimum Gasteiger partial charge on any atom is -0.491 e. The standard InChI is InChI=1S/C23H36N4O3/c1-4-24-23(25-12-11-19-7-9-20(10-8-19)30-18(2)3)27-15-13-26(14-16-27)22(28)21-6-5-17-29-21/h7-10,18,21H,4-6,11-17H2,1-3H3,(H,24,25). The summed E-state index contributed by atoms with van der Waals surface area (Å²) < 4.78 is 11.3. The molecule has 2 saturated heterocycles. The highest BCUT2D eigenvalue weighted by Crippen LogP contribution is 2.16. The largest absolute Gasteiger partial charge is 0.491 e. The number of amides is 1. The van der Waals surface area contributed by atoms with Gasteiger partial charge in [0.05, 0.1) is 6.10 Å². The van der Waals surface area contributed by atoms with Gasteiger partial charge >= 0.3 is 0 Å². The summed E-state index contributed by atoms with van der Waals surface area (Å²) in [5.41, 5.74) is 1.25. The maximum atomic E-state index is 12.5. The van der Waals surface area contributed by atoms with Crippen LogP contribution in [0.25, 0.3) is 0 Å². The summed E-state index contributed by atoms with van der Waals surface area (Å²) in [6, 6.07) is 8.26. The van der Waals surface area contributed by atoms with Crippen LogP contribution in [0.15, 0.2) is 29.3 Å². The van der Waals surface area contributed by atoms with Crippen molar-refractivity contribution in [1.29, 1.82) is 0 Å². The molecule has 0 radical (unpaired) electrons. The van der Waals surface area contributed by atoms with E-state index in [9.17, 15) is 4.79 Å². The fourth-order valence-corrected chi connectivity index (χ4v) is 3.84. The number of ether oxygens (including phenoxy) is 2. The Morgan fingerprint density at radius 2 is 1.90 bits per heavy atom. The van der Waals surface area contributed by atoms with Crippen molar-refractivity contribution in [1.82, 2.24) is 15.1 Å². The van der Waals surface area contributed by atoms with E-state index in [1.165, 1.54) is 5.56 Å². The Morgan fingerprint density at radius 1 is 1.20 bits per heavy atom. The molecular weight excluding hydrogens is 380 g/mol. The fourth-order valence-electron chi connectivity index (χ4n) is 3.84. The number of nitrogens with one attached hydrogen (secondary N) is 1. The summed E-state index contributed by atoms with van der Waals surface area (Å²) in [5, 5.41) is 3.40. The molecular formula is C23H36N4O3. The number of aliphatic imine (C=N–C) groups is 1. The molecule has 3 rings (SSSR count). The molecule has 0 bridgehead atoms. The van der Waals surface area contributed by atoms with Gasteiger partial charge in [-0.3, -0.25) is 9.79 Å². The van der Waals surface area contributed by atoms with Crippen LogP contribution in [0.3, 0.4) is 0 Å². The summed E-state index contributed by atoms with van der Waals surface area (Å²) >= 11 is 0. The van der Waals surface area contributed by atoms with E-state index in [2.05, 4.69) is 29.3 Å². The van der Waals surface area contributed by atoms with Crippen molar-refractivity contribution in [3.8, 4) is 5.75 Å². The number of guanidine groups is 1. The third-order valence-electron chi connectivity index (χ3n) is 5.39. The summed E-state index contributed by atoms with van der Waals surface area (Å²) in [6.07, 6.45) is 2.68. The highest BCUT2D eigenvalue weighted by atomic mass is 16.5. The van der Waals surface area contributed by atoms with Gasteiger partial charge in [0.25, 0.3) is 5.91 Å². The maximum Gasteiger partial charge on any atom is 0.251 e. The Balaban J connectivity index is 1.49. The Morgan fingerprint density at radius 3 is 2.50 bits per heavy atom. The zero-order chi connectivity index (χ0) is 21.3. The number of nitrogens with zero attached hydrogens (tertiary/aromatic N) is 3. The predicted molar refractivity (Wildman–Crippen MR) is 119 cm³/mol. The average molecular weight is 417 g/mol. The van der Waals surface area contributed by atoms with Gasteiger partial charge in [-0.25, -0.2) is 0 Å². The molecule has 1 amide bonds. The smallest absolute Gasteiger partial charge is 0.251 e. The van der Waals surface area contributed by atoms with Gasteiger partial charge in [0, 0.05) is 45.9 Å². The number of carbonyl (C=O) groups excluding carboxylic acids is 1. The molecule has 2 aliphatic heterocycles. The zero-order valence-electron chi connectivity index (χ0n) is 18.6. The van der Waals surface area contributed by atoms with E-state index < -0.39 is 0 Å². The van der Waals surface area contributed by atoms with E-state index in [4.69, 9.17) is 14.5 Å². The minimum atomic E-state index is -0.226. The van der Waals surface area contributed by atoms with Crippen LogP contribution in [0.4, 0.5) is 0 Å². The first-order chi connectivity index (χ1) is 14.6. The monoisotopic (exact) mass is 416 g/mol. The lowest BCUT2D eigenvalue weighted by Crippen LogP contribution is -2.55. The molecule has 0 saturated carbocycles. The van der Waals surface area contributed by atoms with E-state index in [1.54, 1.807) is 0 Å². The molecule has 0 spiro atoms. The van der Waals surface area contributed by atoms with Gasteiger partial charge in [-0.05, 0) is 57.7 Å². The minimum absolute atomic E-state index is 0.152. The van der Waals surface area contributed by atoms with Crippen LogP contribution < -0.4 is 10.1 Å². The van der Waals surface area contributed by atoms with Crippen molar-refractivity contribution in [2.75, 3.05) is 45.9 Å². The van der Waals surface area contributed by atoms with Crippen LogP contribution in [0, 0.1) is 0 Å². The molecule has 1 atom stereocenters. The Labute approximate surface area is 180 Å². The van der Waals surface area contributed by atoms with Gasteiger partial charge in [-0.1, -0.05) is 12.1 Å². The molecule has 7 heteroatoms. The summed E-state index contributed by atoms with van der Waals surface area (Å²) in [7, 11) is 0. The van der Waals surface area contributed by atoms with Crippen molar-refractivity contribution in [3.05, 3.63) is 29.8 Å². The first-order valence-corrected chi connectivity index (χ1v) is 11.3. The molecule has 1 aromatic carbocycles. The molecule has 30 heavy (non-hydrogen) atoms. The van der Waals surface area contributed by atoms with Crippen LogP contribution in [0.1, 0.15) is 39.2 Å². The molecule has 1 unspecified atom stereocenters. The van der Waals surface area contributed by atoms with Gasteiger partial charge < -0.3 is 24.6 Å². The van der Waals surface area contributed by atoms with Gasteiger partial charge in [0.1, 0.15) is 11.9 Å². The van der Waals surface area contributed by atoms with Crippen molar-refractivity contribution < 1.29 is 14.3 Å².